The largest absolute Gasteiger partial charge is 0.368 e. The highest BCUT2D eigenvalue weighted by Crippen LogP contribution is 2.36. The maximum absolute atomic E-state index is 9.34. The van der Waals surface area contributed by atoms with Crippen LogP contribution in [0.1, 0.15) is 27.2 Å². The van der Waals surface area contributed by atoms with Crippen molar-refractivity contribution in [2.45, 2.75) is 57.6 Å². The van der Waals surface area contributed by atoms with Crippen molar-refractivity contribution in [3.8, 4) is 0 Å². The van der Waals surface area contributed by atoms with Gasteiger partial charge in [0.15, 0.2) is 12.1 Å². The second-order valence-electron chi connectivity index (χ2n) is 4.17. The van der Waals surface area contributed by atoms with E-state index in [0.717, 1.165) is 0 Å². The summed E-state index contributed by atoms with van der Waals surface area (Å²) in [6.07, 6.45) is -0.394. The van der Waals surface area contributed by atoms with Crippen molar-refractivity contribution in [1.82, 2.24) is 0 Å². The zero-order valence-corrected chi connectivity index (χ0v) is 8.19. The minimum absolute atomic E-state index is 0.0336. The molecule has 2 rings (SSSR count). The zero-order valence-electron chi connectivity index (χ0n) is 8.19. The van der Waals surface area contributed by atoms with E-state index in [1.807, 2.05) is 20.8 Å². The van der Waals surface area contributed by atoms with Gasteiger partial charge in [0.05, 0.1) is 12.2 Å². The van der Waals surface area contributed by atoms with Crippen molar-refractivity contribution in [1.29, 1.82) is 0 Å². The fraction of sp³-hybridized carbons (Fsp3) is 1.00. The van der Waals surface area contributed by atoms with Crippen molar-refractivity contribution < 1.29 is 19.3 Å². The molecule has 2 aliphatic rings. The third kappa shape index (κ3) is 1.72. The topological polar surface area (TPSA) is 47.9 Å². The predicted octanol–water partition coefficient (Wildman–Crippen LogP) is 0.634. The Hall–Kier alpha value is -0.160. The Morgan fingerprint density at radius 3 is 2.69 bits per heavy atom. The lowest BCUT2D eigenvalue weighted by atomic mass is 10.0. The fourth-order valence-electron chi connectivity index (χ4n) is 2.02. The predicted molar refractivity (Wildman–Crippen MR) is 45.0 cm³/mol. The van der Waals surface area contributed by atoms with Crippen LogP contribution in [0.15, 0.2) is 0 Å². The molecular weight excluding hydrogens is 172 g/mol. The Morgan fingerprint density at radius 2 is 2.00 bits per heavy atom. The molecule has 4 heteroatoms. The van der Waals surface area contributed by atoms with Crippen LogP contribution in [0.4, 0.5) is 0 Å². The first kappa shape index (κ1) is 9.40. The molecule has 0 aromatic carbocycles. The smallest absolute Gasteiger partial charge is 0.163 e. The van der Waals surface area contributed by atoms with Crippen LogP contribution in [0.2, 0.25) is 0 Å². The molecule has 4 nitrogen and oxygen atoms in total. The molecule has 76 valence electrons. The number of ether oxygens (including phenoxy) is 3. The molecule has 0 bridgehead atoms. The summed E-state index contributed by atoms with van der Waals surface area (Å²) in [5, 5.41) is 9.34. The van der Waals surface area contributed by atoms with Crippen LogP contribution in [-0.4, -0.2) is 35.5 Å². The van der Waals surface area contributed by atoms with Crippen molar-refractivity contribution >= 4 is 0 Å². The van der Waals surface area contributed by atoms with Crippen molar-refractivity contribution in [2.75, 3.05) is 0 Å². The molecule has 2 aliphatic heterocycles. The average molecular weight is 188 g/mol. The number of rotatable bonds is 0. The van der Waals surface area contributed by atoms with Crippen LogP contribution < -0.4 is 0 Å². The van der Waals surface area contributed by atoms with Crippen LogP contribution in [0.25, 0.3) is 0 Å². The summed E-state index contributed by atoms with van der Waals surface area (Å²) in [4.78, 5) is 0. The molecule has 2 saturated heterocycles. The Balaban J connectivity index is 2.10. The monoisotopic (exact) mass is 188 g/mol. The van der Waals surface area contributed by atoms with Crippen LogP contribution in [0.3, 0.4) is 0 Å². The fourth-order valence-corrected chi connectivity index (χ4v) is 2.02. The van der Waals surface area contributed by atoms with E-state index in [-0.39, 0.29) is 18.3 Å². The van der Waals surface area contributed by atoms with E-state index in [9.17, 15) is 5.11 Å². The second-order valence-corrected chi connectivity index (χ2v) is 4.17. The number of hydrogen-bond donors (Lipinski definition) is 1. The maximum atomic E-state index is 9.34. The lowest BCUT2D eigenvalue weighted by Crippen LogP contribution is -2.45. The highest BCUT2D eigenvalue weighted by molar-refractivity contribution is 4.89. The first-order valence-electron chi connectivity index (χ1n) is 4.67. The zero-order chi connectivity index (χ0) is 9.64. The van der Waals surface area contributed by atoms with Crippen molar-refractivity contribution in [2.24, 2.45) is 0 Å². The quantitative estimate of drug-likeness (QED) is 0.606. The molecule has 0 aromatic rings. The van der Waals surface area contributed by atoms with E-state index in [1.165, 1.54) is 0 Å². The van der Waals surface area contributed by atoms with Gasteiger partial charge in [-0.2, -0.15) is 0 Å². The normalized spacial score (nSPS) is 48.9. The van der Waals surface area contributed by atoms with Crippen molar-refractivity contribution in [3.63, 3.8) is 0 Å². The number of hydrogen-bond acceptors (Lipinski definition) is 4. The van der Waals surface area contributed by atoms with Gasteiger partial charge in [0.1, 0.15) is 6.10 Å². The van der Waals surface area contributed by atoms with E-state index in [0.29, 0.717) is 6.42 Å². The minimum Gasteiger partial charge on any atom is -0.368 e. The van der Waals surface area contributed by atoms with Gasteiger partial charge in [0, 0.05) is 6.42 Å². The van der Waals surface area contributed by atoms with Crippen LogP contribution in [0.5, 0.6) is 0 Å². The van der Waals surface area contributed by atoms with E-state index >= 15 is 0 Å². The summed E-state index contributed by atoms with van der Waals surface area (Å²) in [6, 6.07) is 0. The van der Waals surface area contributed by atoms with E-state index in [4.69, 9.17) is 14.2 Å². The number of aliphatic hydroxyl groups excluding tert-OH is 1. The molecule has 0 radical (unpaired) electrons. The van der Waals surface area contributed by atoms with Crippen molar-refractivity contribution in [3.05, 3.63) is 0 Å². The summed E-state index contributed by atoms with van der Waals surface area (Å²) in [5.74, 6) is -0.545. The van der Waals surface area contributed by atoms with E-state index in [1.54, 1.807) is 0 Å². The van der Waals surface area contributed by atoms with Gasteiger partial charge in [-0.1, -0.05) is 0 Å². The third-order valence-electron chi connectivity index (χ3n) is 2.49. The molecular formula is C9H16O4. The molecule has 0 aromatic heterocycles. The molecule has 0 spiro atoms. The molecule has 1 N–H and O–H groups in total. The summed E-state index contributed by atoms with van der Waals surface area (Å²) in [7, 11) is 0. The molecule has 2 heterocycles. The second kappa shape index (κ2) is 2.92. The summed E-state index contributed by atoms with van der Waals surface area (Å²) in [5.41, 5.74) is 0. The number of aliphatic hydroxyl groups is 1. The van der Waals surface area contributed by atoms with Crippen LogP contribution >= 0.6 is 0 Å². The van der Waals surface area contributed by atoms with Gasteiger partial charge in [-0.15, -0.1) is 0 Å². The summed E-state index contributed by atoms with van der Waals surface area (Å²) in [6.45, 7) is 5.65. The lowest BCUT2D eigenvalue weighted by molar-refractivity contribution is -0.203. The molecule has 2 fully saturated rings. The third-order valence-corrected chi connectivity index (χ3v) is 2.49. The summed E-state index contributed by atoms with van der Waals surface area (Å²) >= 11 is 0. The Morgan fingerprint density at radius 1 is 1.31 bits per heavy atom. The highest BCUT2D eigenvalue weighted by atomic mass is 16.8. The summed E-state index contributed by atoms with van der Waals surface area (Å²) < 4.78 is 16.5. The highest BCUT2D eigenvalue weighted by Gasteiger charge is 2.48. The molecule has 0 saturated carbocycles. The standard InChI is InChI=1S/C9H16O4/c1-5-8-6(4-7(10)11-5)12-9(2,3)13-8/h5-8,10H,4H2,1-3H3/t5-,6+,7-,8-/m1/s1. The molecule has 0 unspecified atom stereocenters. The molecule has 4 atom stereocenters. The van der Waals surface area contributed by atoms with Gasteiger partial charge in [-0.25, -0.2) is 0 Å². The van der Waals surface area contributed by atoms with Gasteiger partial charge < -0.3 is 19.3 Å². The Labute approximate surface area is 77.8 Å². The maximum Gasteiger partial charge on any atom is 0.163 e. The molecule has 0 aliphatic carbocycles. The first-order chi connectivity index (χ1) is 5.98. The molecule has 13 heavy (non-hydrogen) atoms. The Bertz CT molecular complexity index is 204. The van der Waals surface area contributed by atoms with E-state index < -0.39 is 12.1 Å². The average Bonchev–Trinajstić information content (AvgIpc) is 2.23. The Kier molecular flexibility index (Phi) is 2.11. The molecule has 0 amide bonds. The number of fused-ring (bicyclic) bond motifs is 1. The SMILES string of the molecule is C[C@H]1O[C@@H](O)C[C@@H]2OC(C)(C)O[C@@H]21. The van der Waals surface area contributed by atoms with Gasteiger partial charge in [-0.3, -0.25) is 0 Å². The minimum atomic E-state index is -0.714. The van der Waals surface area contributed by atoms with Gasteiger partial charge in [-0.05, 0) is 20.8 Å². The van der Waals surface area contributed by atoms with Gasteiger partial charge in [0.25, 0.3) is 0 Å². The van der Waals surface area contributed by atoms with E-state index in [2.05, 4.69) is 0 Å². The van der Waals surface area contributed by atoms with Crippen LogP contribution in [0, 0.1) is 0 Å². The van der Waals surface area contributed by atoms with Gasteiger partial charge >= 0.3 is 0 Å². The van der Waals surface area contributed by atoms with Gasteiger partial charge in [0.2, 0.25) is 0 Å². The van der Waals surface area contributed by atoms with Crippen LogP contribution in [-0.2, 0) is 14.2 Å². The lowest BCUT2D eigenvalue weighted by Gasteiger charge is -2.32. The first-order valence-corrected chi connectivity index (χ1v) is 4.67.